The minimum atomic E-state index is -0.501. The van der Waals surface area contributed by atoms with Gasteiger partial charge in [0.2, 0.25) is 5.91 Å². The molecule has 0 aliphatic carbocycles. The normalized spacial score (nSPS) is 10.6. The number of ether oxygens (including phenoxy) is 3. The van der Waals surface area contributed by atoms with Gasteiger partial charge in [-0.05, 0) is 58.2 Å². The van der Waals surface area contributed by atoms with Crippen LogP contribution in [0, 0.1) is 0 Å². The van der Waals surface area contributed by atoms with E-state index in [-0.39, 0.29) is 18.9 Å². The number of nitrogens with zero attached hydrogens (tertiary/aromatic N) is 1. The smallest absolute Gasteiger partial charge is 0.343 e. The number of benzene rings is 2. The summed E-state index contributed by atoms with van der Waals surface area (Å²) in [6.07, 6.45) is 1.72. The molecule has 2 aromatic rings. The Kier molecular flexibility index (Phi) is 9.14. The monoisotopic (exact) mass is 526 g/mol. The molecule has 1 amide bonds. The van der Waals surface area contributed by atoms with Gasteiger partial charge in [0.1, 0.15) is 0 Å². The first-order valence-electron chi connectivity index (χ1n) is 8.65. The van der Waals surface area contributed by atoms with E-state index in [1.165, 1.54) is 13.3 Å². The molecule has 9 heteroatoms. The molecule has 29 heavy (non-hydrogen) atoms. The topological polar surface area (TPSA) is 86.2 Å². The number of rotatable bonds is 9. The molecular formula is C20H20Br2N2O5. The zero-order valence-corrected chi connectivity index (χ0v) is 19.1. The molecule has 0 spiro atoms. The van der Waals surface area contributed by atoms with Crippen LogP contribution in [0.3, 0.4) is 0 Å². The fourth-order valence-electron chi connectivity index (χ4n) is 2.26. The van der Waals surface area contributed by atoms with Gasteiger partial charge >= 0.3 is 5.97 Å². The van der Waals surface area contributed by atoms with Crippen LogP contribution in [-0.2, 0) is 20.7 Å². The van der Waals surface area contributed by atoms with E-state index in [9.17, 15) is 9.59 Å². The second kappa shape index (κ2) is 11.6. The number of halogens is 2. The number of hydrogen-bond donors (Lipinski definition) is 1. The van der Waals surface area contributed by atoms with E-state index in [0.29, 0.717) is 28.1 Å². The number of carbonyl (C=O) groups is 2. The summed E-state index contributed by atoms with van der Waals surface area (Å²) in [5.74, 6) is 0.0891. The van der Waals surface area contributed by atoms with Crippen molar-refractivity contribution in [2.45, 2.75) is 13.3 Å². The zero-order valence-electron chi connectivity index (χ0n) is 15.9. The third-order valence-electron chi connectivity index (χ3n) is 3.57. The fourth-order valence-corrected chi connectivity index (χ4v) is 3.10. The van der Waals surface area contributed by atoms with Gasteiger partial charge in [0, 0.05) is 4.47 Å². The molecule has 0 aromatic heterocycles. The Morgan fingerprint density at radius 1 is 1.14 bits per heavy atom. The van der Waals surface area contributed by atoms with Gasteiger partial charge in [-0.2, -0.15) is 5.10 Å². The third-order valence-corrected chi connectivity index (χ3v) is 4.69. The van der Waals surface area contributed by atoms with Crippen LogP contribution in [0.1, 0.15) is 18.1 Å². The van der Waals surface area contributed by atoms with Gasteiger partial charge in [-0.3, -0.25) is 4.79 Å². The first-order chi connectivity index (χ1) is 13.9. The van der Waals surface area contributed by atoms with Gasteiger partial charge in [0.25, 0.3) is 0 Å². The Morgan fingerprint density at radius 2 is 1.86 bits per heavy atom. The molecular weight excluding hydrogens is 508 g/mol. The highest BCUT2D eigenvalue weighted by atomic mass is 79.9. The Balaban J connectivity index is 2.04. The van der Waals surface area contributed by atoms with E-state index in [2.05, 4.69) is 47.1 Å². The molecule has 154 valence electrons. The summed E-state index contributed by atoms with van der Waals surface area (Å²) in [5.41, 5.74) is 4.06. The van der Waals surface area contributed by atoms with Crippen LogP contribution in [0.25, 0.3) is 0 Å². The minimum Gasteiger partial charge on any atom is -0.490 e. The van der Waals surface area contributed by atoms with Gasteiger partial charge in [-0.25, -0.2) is 10.2 Å². The Labute approximate surface area is 185 Å². The Morgan fingerprint density at radius 3 is 2.52 bits per heavy atom. The lowest BCUT2D eigenvalue weighted by Gasteiger charge is -2.13. The Hall–Kier alpha value is -2.39. The molecule has 0 saturated carbocycles. The second-order valence-corrected chi connectivity index (χ2v) is 7.49. The third kappa shape index (κ3) is 7.51. The second-order valence-electron chi connectivity index (χ2n) is 5.72. The maximum absolute atomic E-state index is 12.0. The van der Waals surface area contributed by atoms with Gasteiger partial charge < -0.3 is 14.2 Å². The van der Waals surface area contributed by atoms with E-state index >= 15 is 0 Å². The summed E-state index contributed by atoms with van der Waals surface area (Å²) >= 11 is 6.76. The van der Waals surface area contributed by atoms with Crippen molar-refractivity contribution in [3.05, 3.63) is 56.5 Å². The number of hydrazone groups is 1. The van der Waals surface area contributed by atoms with E-state index in [4.69, 9.17) is 9.47 Å². The van der Waals surface area contributed by atoms with Gasteiger partial charge in [0.05, 0.1) is 30.8 Å². The SMILES string of the molecule is CCOc1cc(/C=N/NC(=O)Cc2ccc(Br)cc2)cc(Br)c1OCC(=O)OC. The lowest BCUT2D eigenvalue weighted by molar-refractivity contribution is -0.143. The van der Waals surface area contributed by atoms with Gasteiger partial charge in [0.15, 0.2) is 18.1 Å². The molecule has 7 nitrogen and oxygen atoms in total. The Bertz CT molecular complexity index is 885. The van der Waals surface area contributed by atoms with Crippen molar-refractivity contribution < 1.29 is 23.8 Å². The van der Waals surface area contributed by atoms with Crippen molar-refractivity contribution in [2.24, 2.45) is 5.10 Å². The van der Waals surface area contributed by atoms with Crippen LogP contribution in [-0.4, -0.2) is 38.4 Å². The van der Waals surface area contributed by atoms with Crippen molar-refractivity contribution in [1.29, 1.82) is 0 Å². The molecule has 0 aliphatic rings. The highest BCUT2D eigenvalue weighted by Gasteiger charge is 2.14. The standard InChI is InChI=1S/C20H20Br2N2O5/c1-3-28-17-9-14(8-16(22)20(17)29-12-19(26)27-2)11-23-24-18(25)10-13-4-6-15(21)7-5-13/h4-9,11H,3,10,12H2,1-2H3,(H,24,25)/b23-11+. The lowest BCUT2D eigenvalue weighted by atomic mass is 10.1. The molecule has 1 N–H and O–H groups in total. The highest BCUT2D eigenvalue weighted by molar-refractivity contribution is 9.10. The number of carbonyl (C=O) groups excluding carboxylic acids is 2. The van der Waals surface area contributed by atoms with Crippen molar-refractivity contribution in [1.82, 2.24) is 5.43 Å². The van der Waals surface area contributed by atoms with Crippen LogP contribution in [0.15, 0.2) is 50.4 Å². The summed E-state index contributed by atoms with van der Waals surface area (Å²) in [5, 5.41) is 3.99. The summed E-state index contributed by atoms with van der Waals surface area (Å²) in [4.78, 5) is 23.3. The maximum atomic E-state index is 12.0. The highest BCUT2D eigenvalue weighted by Crippen LogP contribution is 2.36. The molecule has 0 heterocycles. The van der Waals surface area contributed by atoms with E-state index in [1.807, 2.05) is 31.2 Å². The predicted octanol–water partition coefficient (Wildman–Crippen LogP) is 3.85. The molecule has 2 aromatic carbocycles. The molecule has 0 saturated heterocycles. The van der Waals surface area contributed by atoms with Crippen molar-refractivity contribution in [3.63, 3.8) is 0 Å². The van der Waals surface area contributed by atoms with E-state index in [1.54, 1.807) is 12.1 Å². The number of amides is 1. The summed E-state index contributed by atoms with van der Waals surface area (Å²) in [7, 11) is 1.29. The number of hydrogen-bond acceptors (Lipinski definition) is 6. The number of nitrogens with one attached hydrogen (secondary N) is 1. The molecule has 0 fully saturated rings. The number of methoxy groups -OCH3 is 1. The predicted molar refractivity (Wildman–Crippen MR) is 116 cm³/mol. The average Bonchev–Trinajstić information content (AvgIpc) is 2.69. The maximum Gasteiger partial charge on any atom is 0.343 e. The quantitative estimate of drug-likeness (QED) is 0.304. The van der Waals surface area contributed by atoms with Gasteiger partial charge in [-0.15, -0.1) is 0 Å². The molecule has 0 unspecified atom stereocenters. The van der Waals surface area contributed by atoms with Crippen molar-refractivity contribution in [2.75, 3.05) is 20.3 Å². The van der Waals surface area contributed by atoms with Crippen LogP contribution in [0.5, 0.6) is 11.5 Å². The molecule has 2 rings (SSSR count). The zero-order chi connectivity index (χ0) is 21.2. The lowest BCUT2D eigenvalue weighted by Crippen LogP contribution is -2.19. The van der Waals surface area contributed by atoms with Crippen molar-refractivity contribution >= 4 is 50.0 Å². The summed E-state index contributed by atoms with van der Waals surface area (Å²) < 4.78 is 17.2. The van der Waals surface area contributed by atoms with Crippen molar-refractivity contribution in [3.8, 4) is 11.5 Å². The summed E-state index contributed by atoms with van der Waals surface area (Å²) in [6, 6.07) is 10.9. The first-order valence-corrected chi connectivity index (χ1v) is 10.2. The fraction of sp³-hybridized carbons (Fsp3) is 0.250. The molecule has 0 atom stereocenters. The van der Waals surface area contributed by atoms with E-state index in [0.717, 1.165) is 10.0 Å². The van der Waals surface area contributed by atoms with E-state index < -0.39 is 5.97 Å². The minimum absolute atomic E-state index is 0.221. The van der Waals surface area contributed by atoms with Gasteiger partial charge in [-0.1, -0.05) is 28.1 Å². The average molecular weight is 528 g/mol. The molecule has 0 aliphatic heterocycles. The van der Waals surface area contributed by atoms with Crippen LogP contribution < -0.4 is 14.9 Å². The molecule has 0 bridgehead atoms. The van der Waals surface area contributed by atoms with Crippen LogP contribution in [0.4, 0.5) is 0 Å². The summed E-state index contributed by atoms with van der Waals surface area (Å²) in [6.45, 7) is 2.00. The van der Waals surface area contributed by atoms with Crippen LogP contribution in [0.2, 0.25) is 0 Å². The number of esters is 1. The largest absolute Gasteiger partial charge is 0.490 e. The van der Waals surface area contributed by atoms with Crippen LogP contribution >= 0.6 is 31.9 Å². The molecule has 0 radical (unpaired) electrons. The first kappa shape index (κ1) is 22.9.